The maximum absolute atomic E-state index is 16.7. The average molecular weight is 695 g/mol. The van der Waals surface area contributed by atoms with Crippen molar-refractivity contribution in [2.75, 3.05) is 26.2 Å². The molecule has 6 aliphatic rings. The lowest BCUT2D eigenvalue weighted by Gasteiger charge is -2.61. The van der Waals surface area contributed by atoms with Gasteiger partial charge in [-0.3, -0.25) is 19.8 Å². The molecule has 2 bridgehead atoms. The number of nitrogens with one attached hydrogen (secondary N) is 3. The predicted molar refractivity (Wildman–Crippen MR) is 177 cm³/mol. The second-order valence-electron chi connectivity index (χ2n) is 15.6. The van der Waals surface area contributed by atoms with E-state index in [0.29, 0.717) is 38.9 Å². The lowest BCUT2D eigenvalue weighted by atomic mass is 9.71. The number of carbonyl (C=O) groups excluding carboxylic acids is 3. The summed E-state index contributed by atoms with van der Waals surface area (Å²) in [4.78, 5) is 45.6. The fourth-order valence-electron chi connectivity index (χ4n) is 10.0. The Balaban J connectivity index is 1.45. The van der Waals surface area contributed by atoms with Gasteiger partial charge < -0.3 is 35.0 Å². The van der Waals surface area contributed by atoms with Crippen LogP contribution in [0.1, 0.15) is 66.7 Å². The highest BCUT2D eigenvalue weighted by molar-refractivity contribution is 5.87. The van der Waals surface area contributed by atoms with Crippen LogP contribution < -0.4 is 16.0 Å². The molecule has 0 aromatic carbocycles. The van der Waals surface area contributed by atoms with Crippen LogP contribution >= 0.6 is 0 Å². The Labute approximate surface area is 288 Å². The van der Waals surface area contributed by atoms with Crippen molar-refractivity contribution in [3.8, 4) is 0 Å². The summed E-state index contributed by atoms with van der Waals surface area (Å²) in [6.07, 6.45) is -3.62. The van der Waals surface area contributed by atoms with E-state index < -0.39 is 78.8 Å². The minimum atomic E-state index is -1.42. The van der Waals surface area contributed by atoms with Crippen molar-refractivity contribution in [2.45, 2.75) is 140 Å². The van der Waals surface area contributed by atoms with Gasteiger partial charge in [0.05, 0.1) is 31.1 Å². The van der Waals surface area contributed by atoms with Gasteiger partial charge in [0, 0.05) is 61.9 Å². The number of amides is 3. The number of piperidine rings is 2. The van der Waals surface area contributed by atoms with Crippen LogP contribution in [0.15, 0.2) is 12.7 Å². The molecule has 5 saturated heterocycles. The molecule has 3 amide bonds. The molecule has 4 N–H and O–H groups in total. The Kier molecular flexibility index (Phi) is 10.9. The fraction of sp³-hybridized carbons (Fsp3) is 0.857. The summed E-state index contributed by atoms with van der Waals surface area (Å²) in [6.45, 7) is 14.3. The Morgan fingerprint density at radius 1 is 1.08 bits per heavy atom. The van der Waals surface area contributed by atoms with Crippen LogP contribution in [-0.2, 0) is 19.1 Å². The SMILES string of the molecule is C=CC(=O)N1C[C@H](C)N(C2NC(=O)N3C4NC(C(F)CC42)C2C(F)CCCC2OCC(O)C(OC(C)=O)C2CCNC(C(C)C)C23)C[C@H]1C. The van der Waals surface area contributed by atoms with Crippen LogP contribution in [0.3, 0.4) is 0 Å². The number of rotatable bonds is 4. The van der Waals surface area contributed by atoms with Gasteiger partial charge in [0.25, 0.3) is 0 Å². The molecule has 5 heterocycles. The number of hydrogen-bond donors (Lipinski definition) is 4. The van der Waals surface area contributed by atoms with E-state index in [1.165, 1.54) is 13.0 Å². The van der Waals surface area contributed by atoms with Crippen molar-refractivity contribution in [3.63, 3.8) is 0 Å². The van der Waals surface area contributed by atoms with E-state index in [9.17, 15) is 19.5 Å². The highest BCUT2D eigenvalue weighted by Gasteiger charge is 2.59. The van der Waals surface area contributed by atoms with Gasteiger partial charge in [0.1, 0.15) is 24.6 Å². The zero-order chi connectivity index (χ0) is 35.3. The number of fused-ring (bicyclic) bond motifs is 5. The van der Waals surface area contributed by atoms with Crippen molar-refractivity contribution < 1.29 is 37.7 Å². The monoisotopic (exact) mass is 694 g/mol. The number of urea groups is 1. The van der Waals surface area contributed by atoms with E-state index >= 15 is 8.78 Å². The topological polar surface area (TPSA) is 136 Å². The number of piperazine rings is 1. The molecule has 1 aliphatic carbocycles. The minimum Gasteiger partial charge on any atom is -0.459 e. The van der Waals surface area contributed by atoms with Crippen LogP contribution in [0.5, 0.6) is 0 Å². The molecule has 12 nitrogen and oxygen atoms in total. The largest absolute Gasteiger partial charge is 0.459 e. The smallest absolute Gasteiger partial charge is 0.320 e. The van der Waals surface area contributed by atoms with Gasteiger partial charge in [-0.2, -0.15) is 0 Å². The number of esters is 1. The van der Waals surface area contributed by atoms with Crippen molar-refractivity contribution in [1.82, 2.24) is 30.7 Å². The van der Waals surface area contributed by atoms with Gasteiger partial charge >= 0.3 is 12.0 Å². The zero-order valence-corrected chi connectivity index (χ0v) is 29.5. The summed E-state index contributed by atoms with van der Waals surface area (Å²) in [5.74, 6) is -2.42. The maximum Gasteiger partial charge on any atom is 0.320 e. The normalized spacial score (nSPS) is 44.8. The first-order valence-electron chi connectivity index (χ1n) is 18.3. The zero-order valence-electron chi connectivity index (χ0n) is 29.5. The number of halogens is 2. The second kappa shape index (κ2) is 14.7. The molecule has 0 radical (unpaired) electrons. The van der Waals surface area contributed by atoms with Gasteiger partial charge in [0.15, 0.2) is 0 Å². The summed E-state index contributed by atoms with van der Waals surface area (Å²) in [7, 11) is 0. The van der Waals surface area contributed by atoms with Gasteiger partial charge in [-0.25, -0.2) is 13.6 Å². The molecule has 1 saturated carbocycles. The summed E-state index contributed by atoms with van der Waals surface area (Å²) in [6, 6.07) is -2.41. The lowest BCUT2D eigenvalue weighted by molar-refractivity contribution is -0.179. The third-order valence-electron chi connectivity index (χ3n) is 12.2. The van der Waals surface area contributed by atoms with Gasteiger partial charge in [-0.1, -0.05) is 20.4 Å². The number of carbonyl (C=O) groups is 3. The summed E-state index contributed by atoms with van der Waals surface area (Å²) < 4.78 is 44.9. The summed E-state index contributed by atoms with van der Waals surface area (Å²) >= 11 is 0. The Hall–Kier alpha value is -2.39. The van der Waals surface area contributed by atoms with Crippen LogP contribution in [0.2, 0.25) is 0 Å². The van der Waals surface area contributed by atoms with Crippen molar-refractivity contribution >= 4 is 17.9 Å². The van der Waals surface area contributed by atoms with Crippen molar-refractivity contribution in [3.05, 3.63) is 12.7 Å². The molecule has 0 aromatic rings. The Bertz CT molecular complexity index is 1250. The first-order valence-corrected chi connectivity index (χ1v) is 18.3. The average Bonchev–Trinajstić information content (AvgIpc) is 3.05. The Morgan fingerprint density at radius 3 is 2.53 bits per heavy atom. The molecular formula is C35H56F2N6O6. The molecule has 49 heavy (non-hydrogen) atoms. The van der Waals surface area contributed by atoms with Gasteiger partial charge in [-0.15, -0.1) is 0 Å². The summed E-state index contributed by atoms with van der Waals surface area (Å²) in [5.41, 5.74) is 0. The van der Waals surface area contributed by atoms with Crippen LogP contribution in [-0.4, -0.2) is 137 Å². The second-order valence-corrected chi connectivity index (χ2v) is 15.6. The van der Waals surface area contributed by atoms with E-state index in [2.05, 4.69) is 41.3 Å². The number of hydrogen-bond acceptors (Lipinski definition) is 9. The highest BCUT2D eigenvalue weighted by Crippen LogP contribution is 2.44. The number of ether oxygens (including phenoxy) is 2. The maximum atomic E-state index is 16.7. The first kappa shape index (κ1) is 36.4. The fourth-order valence-corrected chi connectivity index (χ4v) is 10.0. The molecule has 5 aliphatic heterocycles. The standard InChI is InChI=1S/C35H56F2N6O6/c1-7-27(46)41-14-19(5)42(15-18(41)4)33-22-13-24(37)30-28-23(36)9-8-10-26(28)48-16-25(45)32(49-20(6)44)21-11-12-38-29(17(2)3)31(21)43(34(22)39-30)35(47)40-33/h7,17-19,21-26,28-34,38-39,45H,1,8-16H2,2-6H3,(H,40,47)/t18-,19+,21?,22?,23?,24?,25?,26?,28?,29?,30?,31?,32?,33?,34?/m1/s1. The van der Waals surface area contributed by atoms with Crippen LogP contribution in [0.4, 0.5) is 13.6 Å². The van der Waals surface area contributed by atoms with Crippen molar-refractivity contribution in [2.24, 2.45) is 23.7 Å². The molecule has 14 heteroatoms. The number of aliphatic hydroxyl groups excluding tert-OH is 1. The van der Waals surface area contributed by atoms with E-state index in [0.717, 1.165) is 0 Å². The predicted octanol–water partition coefficient (Wildman–Crippen LogP) is 1.92. The molecular weight excluding hydrogens is 638 g/mol. The molecule has 0 aromatic heterocycles. The van der Waals surface area contributed by atoms with Crippen LogP contribution in [0.25, 0.3) is 0 Å². The van der Waals surface area contributed by atoms with Crippen LogP contribution in [0, 0.1) is 23.7 Å². The molecule has 15 atom stereocenters. The third kappa shape index (κ3) is 6.84. The minimum absolute atomic E-state index is 0.0404. The molecule has 13 unspecified atom stereocenters. The molecule has 6 fully saturated rings. The Morgan fingerprint density at radius 2 is 1.84 bits per heavy atom. The number of nitrogens with zero attached hydrogens (tertiary/aromatic N) is 3. The number of alkyl halides is 2. The summed E-state index contributed by atoms with van der Waals surface area (Å²) in [5, 5.41) is 22.0. The van der Waals surface area contributed by atoms with E-state index in [1.54, 1.807) is 9.80 Å². The van der Waals surface area contributed by atoms with E-state index in [4.69, 9.17) is 9.47 Å². The molecule has 276 valence electrons. The quantitative estimate of drug-likeness (QED) is 0.257. The van der Waals surface area contributed by atoms with Crippen molar-refractivity contribution in [1.29, 1.82) is 0 Å². The molecule has 6 rings (SSSR count). The third-order valence-corrected chi connectivity index (χ3v) is 12.2. The van der Waals surface area contributed by atoms with E-state index in [1.807, 2.05) is 13.8 Å². The first-order chi connectivity index (χ1) is 23.3. The van der Waals surface area contributed by atoms with Gasteiger partial charge in [0.2, 0.25) is 5.91 Å². The highest BCUT2D eigenvalue weighted by atomic mass is 19.1. The van der Waals surface area contributed by atoms with Gasteiger partial charge in [-0.05, 0) is 64.5 Å². The lowest BCUT2D eigenvalue weighted by Crippen LogP contribution is -2.81. The van der Waals surface area contributed by atoms with E-state index in [-0.39, 0.29) is 55.4 Å². The number of aliphatic hydroxyl groups is 1. The molecule has 0 spiro atoms.